The summed E-state index contributed by atoms with van der Waals surface area (Å²) >= 11 is 0. The highest BCUT2D eigenvalue weighted by Gasteiger charge is 2.32. The van der Waals surface area contributed by atoms with Gasteiger partial charge in [-0.3, -0.25) is 9.69 Å². The van der Waals surface area contributed by atoms with Crippen LogP contribution < -0.4 is 5.73 Å². The Kier molecular flexibility index (Phi) is 5.41. The third kappa shape index (κ3) is 3.71. The van der Waals surface area contributed by atoms with Gasteiger partial charge in [-0.05, 0) is 45.2 Å². The van der Waals surface area contributed by atoms with Gasteiger partial charge in [0, 0.05) is 25.7 Å². The van der Waals surface area contributed by atoms with E-state index in [1.807, 2.05) is 6.92 Å². The van der Waals surface area contributed by atoms with E-state index in [9.17, 15) is 9.90 Å². The Hall–Kier alpha value is -0.650. The SMILES string of the molecule is CCC(N)(CCCN1CCN2CCCCC2C1)C(=O)O. The van der Waals surface area contributed by atoms with E-state index in [2.05, 4.69) is 9.80 Å². The van der Waals surface area contributed by atoms with Crippen molar-refractivity contribution in [2.24, 2.45) is 5.73 Å². The molecule has 2 fully saturated rings. The number of nitrogens with zero attached hydrogens (tertiary/aromatic N) is 2. The third-order valence-corrected chi connectivity index (χ3v) is 5.08. The Morgan fingerprint density at radius 3 is 2.85 bits per heavy atom. The first-order chi connectivity index (χ1) is 9.55. The van der Waals surface area contributed by atoms with Gasteiger partial charge in [0.2, 0.25) is 0 Å². The van der Waals surface area contributed by atoms with E-state index in [0.717, 1.165) is 32.1 Å². The zero-order valence-corrected chi connectivity index (χ0v) is 12.7. The van der Waals surface area contributed by atoms with Gasteiger partial charge >= 0.3 is 5.97 Å². The topological polar surface area (TPSA) is 69.8 Å². The Labute approximate surface area is 122 Å². The second-order valence-electron chi connectivity index (χ2n) is 6.40. The number of nitrogens with two attached hydrogens (primary N) is 1. The standard InChI is InChI=1S/C15H29N3O2/c1-2-15(16,14(19)20)7-5-8-17-10-11-18-9-4-3-6-13(18)12-17/h13H,2-12,16H2,1H3,(H,19,20). The number of rotatable bonds is 6. The van der Waals surface area contributed by atoms with Crippen molar-refractivity contribution in [2.45, 2.75) is 57.0 Å². The van der Waals surface area contributed by atoms with E-state index in [1.165, 1.54) is 32.4 Å². The largest absolute Gasteiger partial charge is 0.480 e. The van der Waals surface area contributed by atoms with Gasteiger partial charge < -0.3 is 15.7 Å². The van der Waals surface area contributed by atoms with Crippen LogP contribution in [0.3, 0.4) is 0 Å². The molecule has 2 saturated heterocycles. The Morgan fingerprint density at radius 1 is 1.35 bits per heavy atom. The molecule has 2 heterocycles. The van der Waals surface area contributed by atoms with Crippen LogP contribution in [0.15, 0.2) is 0 Å². The summed E-state index contributed by atoms with van der Waals surface area (Å²) < 4.78 is 0. The van der Waals surface area contributed by atoms with Crippen molar-refractivity contribution in [3.63, 3.8) is 0 Å². The number of piperazine rings is 1. The van der Waals surface area contributed by atoms with Gasteiger partial charge in [-0.25, -0.2) is 0 Å². The molecule has 2 aliphatic rings. The Bertz CT molecular complexity index is 337. The van der Waals surface area contributed by atoms with Crippen molar-refractivity contribution in [3.8, 4) is 0 Å². The highest BCUT2D eigenvalue weighted by Crippen LogP contribution is 2.22. The number of aliphatic carboxylic acids is 1. The minimum atomic E-state index is -1.04. The molecule has 5 nitrogen and oxygen atoms in total. The van der Waals surface area contributed by atoms with Crippen molar-refractivity contribution in [1.82, 2.24) is 9.80 Å². The lowest BCUT2D eigenvalue weighted by atomic mass is 9.91. The maximum absolute atomic E-state index is 11.2. The highest BCUT2D eigenvalue weighted by atomic mass is 16.4. The van der Waals surface area contributed by atoms with Crippen molar-refractivity contribution in [3.05, 3.63) is 0 Å². The summed E-state index contributed by atoms with van der Waals surface area (Å²) in [5, 5.41) is 9.18. The van der Waals surface area contributed by atoms with E-state index in [1.54, 1.807) is 0 Å². The normalized spacial score (nSPS) is 27.8. The lowest BCUT2D eigenvalue weighted by molar-refractivity contribution is -0.143. The molecule has 0 aromatic heterocycles. The third-order valence-electron chi connectivity index (χ3n) is 5.08. The number of hydrogen-bond acceptors (Lipinski definition) is 4. The molecule has 0 spiro atoms. The van der Waals surface area contributed by atoms with E-state index < -0.39 is 11.5 Å². The quantitative estimate of drug-likeness (QED) is 0.765. The van der Waals surface area contributed by atoms with E-state index in [0.29, 0.717) is 12.8 Å². The molecule has 116 valence electrons. The molecular weight excluding hydrogens is 254 g/mol. The molecule has 0 bridgehead atoms. The lowest BCUT2D eigenvalue weighted by Crippen LogP contribution is -2.55. The van der Waals surface area contributed by atoms with Gasteiger partial charge in [0.15, 0.2) is 0 Å². The molecule has 5 heteroatoms. The summed E-state index contributed by atoms with van der Waals surface area (Å²) in [7, 11) is 0. The summed E-state index contributed by atoms with van der Waals surface area (Å²) in [6.45, 7) is 7.54. The first kappa shape index (κ1) is 15.7. The molecule has 2 unspecified atom stereocenters. The molecule has 0 radical (unpaired) electrons. The molecule has 2 atom stereocenters. The predicted molar refractivity (Wildman–Crippen MR) is 79.7 cm³/mol. The first-order valence-corrected chi connectivity index (χ1v) is 8.04. The van der Waals surface area contributed by atoms with Crippen molar-refractivity contribution >= 4 is 5.97 Å². The summed E-state index contributed by atoms with van der Waals surface area (Å²) in [5.41, 5.74) is 4.90. The number of carboxylic acid groups (broad SMARTS) is 1. The van der Waals surface area contributed by atoms with Crippen LogP contribution in [-0.2, 0) is 4.79 Å². The molecule has 2 aliphatic heterocycles. The van der Waals surface area contributed by atoms with Crippen LogP contribution in [0.1, 0.15) is 45.4 Å². The van der Waals surface area contributed by atoms with Crippen LogP contribution in [0.5, 0.6) is 0 Å². The summed E-state index contributed by atoms with van der Waals surface area (Å²) in [6, 6.07) is 0.728. The molecule has 2 rings (SSSR count). The van der Waals surface area contributed by atoms with Crippen LogP contribution in [0.25, 0.3) is 0 Å². The summed E-state index contributed by atoms with van der Waals surface area (Å²) in [5.74, 6) is -0.864. The van der Waals surface area contributed by atoms with Crippen LogP contribution in [-0.4, -0.2) is 65.2 Å². The van der Waals surface area contributed by atoms with E-state index in [4.69, 9.17) is 5.73 Å². The number of hydrogen-bond donors (Lipinski definition) is 2. The average Bonchev–Trinajstić information content (AvgIpc) is 2.46. The molecule has 3 N–H and O–H groups in total. The van der Waals surface area contributed by atoms with Crippen LogP contribution in [0, 0.1) is 0 Å². The molecule has 20 heavy (non-hydrogen) atoms. The molecule has 0 aromatic carbocycles. The zero-order chi connectivity index (χ0) is 14.6. The second-order valence-corrected chi connectivity index (χ2v) is 6.40. The number of piperidine rings is 1. The first-order valence-electron chi connectivity index (χ1n) is 8.04. The van der Waals surface area contributed by atoms with Crippen molar-refractivity contribution in [1.29, 1.82) is 0 Å². The smallest absolute Gasteiger partial charge is 0.323 e. The monoisotopic (exact) mass is 283 g/mol. The van der Waals surface area contributed by atoms with Gasteiger partial charge in [-0.1, -0.05) is 13.3 Å². The summed E-state index contributed by atoms with van der Waals surface area (Å²) in [4.78, 5) is 16.3. The lowest BCUT2D eigenvalue weighted by Gasteiger charge is -2.44. The van der Waals surface area contributed by atoms with Gasteiger partial charge in [0.05, 0.1) is 0 Å². The van der Waals surface area contributed by atoms with Crippen LogP contribution in [0.2, 0.25) is 0 Å². The fourth-order valence-corrected chi connectivity index (χ4v) is 3.48. The van der Waals surface area contributed by atoms with Crippen LogP contribution in [0.4, 0.5) is 0 Å². The van der Waals surface area contributed by atoms with Gasteiger partial charge in [0.25, 0.3) is 0 Å². The van der Waals surface area contributed by atoms with Gasteiger partial charge in [0.1, 0.15) is 5.54 Å². The fraction of sp³-hybridized carbons (Fsp3) is 0.933. The number of carboxylic acids is 1. The zero-order valence-electron chi connectivity index (χ0n) is 12.7. The van der Waals surface area contributed by atoms with E-state index in [-0.39, 0.29) is 0 Å². The molecule has 0 amide bonds. The molecular formula is C15H29N3O2. The Morgan fingerprint density at radius 2 is 2.15 bits per heavy atom. The average molecular weight is 283 g/mol. The van der Waals surface area contributed by atoms with Gasteiger partial charge in [-0.2, -0.15) is 0 Å². The minimum absolute atomic E-state index is 0.499. The molecule has 0 aromatic rings. The summed E-state index contributed by atoms with van der Waals surface area (Å²) in [6.07, 6.45) is 5.98. The number of fused-ring (bicyclic) bond motifs is 1. The molecule has 0 aliphatic carbocycles. The maximum atomic E-state index is 11.2. The van der Waals surface area contributed by atoms with Crippen molar-refractivity contribution < 1.29 is 9.90 Å². The molecule has 0 saturated carbocycles. The van der Waals surface area contributed by atoms with E-state index >= 15 is 0 Å². The van der Waals surface area contributed by atoms with Crippen molar-refractivity contribution in [2.75, 3.05) is 32.7 Å². The highest BCUT2D eigenvalue weighted by molar-refractivity contribution is 5.78. The van der Waals surface area contributed by atoms with Crippen LogP contribution >= 0.6 is 0 Å². The minimum Gasteiger partial charge on any atom is -0.480 e. The Balaban J connectivity index is 1.73. The van der Waals surface area contributed by atoms with Gasteiger partial charge in [-0.15, -0.1) is 0 Å². The maximum Gasteiger partial charge on any atom is 0.323 e. The fourth-order valence-electron chi connectivity index (χ4n) is 3.48. The second kappa shape index (κ2) is 6.87. The predicted octanol–water partition coefficient (Wildman–Crippen LogP) is 1.13. The number of carbonyl (C=O) groups is 1.